The first-order chi connectivity index (χ1) is 9.50. The van der Waals surface area contributed by atoms with Crippen LogP contribution in [-0.4, -0.2) is 34.1 Å². The number of rotatable bonds is 5. The summed E-state index contributed by atoms with van der Waals surface area (Å²) in [6, 6.07) is 10.4. The summed E-state index contributed by atoms with van der Waals surface area (Å²) in [4.78, 5) is 8.18. The highest BCUT2D eigenvalue weighted by Crippen LogP contribution is 2.20. The molecule has 0 unspecified atom stereocenters. The molecule has 0 atom stereocenters. The number of nitrogens with one attached hydrogen (secondary N) is 1. The average molecular weight is 280 g/mol. The number of benzene rings is 1. The minimum absolute atomic E-state index is 0.175. The van der Waals surface area contributed by atoms with Crippen LogP contribution in [0.25, 0.3) is 11.4 Å². The molecule has 4 N–H and O–H groups in total. The summed E-state index contributed by atoms with van der Waals surface area (Å²) in [5.74, 6) is -2.51. The minimum atomic E-state index is -3.22. The Labute approximate surface area is 114 Å². The molecule has 0 aliphatic heterocycles. The highest BCUT2D eigenvalue weighted by atomic mass is 19.3. The summed E-state index contributed by atoms with van der Waals surface area (Å²) in [5, 5.41) is 11.0. The van der Waals surface area contributed by atoms with Crippen LogP contribution >= 0.6 is 0 Å². The van der Waals surface area contributed by atoms with E-state index in [0.717, 1.165) is 5.56 Å². The first-order valence-electron chi connectivity index (χ1n) is 5.93. The standard InChI is InChI=1S/C13H14F2N4O/c14-13(15,8-20)7-17-11-6-10(16)18-12(19-11)9-4-2-1-3-5-9/h1-6,20H,7-8H2,(H3,16,17,18,19). The molecule has 0 aliphatic carbocycles. The minimum Gasteiger partial charge on any atom is -0.390 e. The number of alkyl halides is 2. The Hall–Kier alpha value is -2.28. The second-order valence-corrected chi connectivity index (χ2v) is 4.24. The van der Waals surface area contributed by atoms with Gasteiger partial charge >= 0.3 is 0 Å². The molecule has 0 saturated heterocycles. The van der Waals surface area contributed by atoms with Gasteiger partial charge in [-0.1, -0.05) is 30.3 Å². The SMILES string of the molecule is Nc1cc(NCC(F)(F)CO)nc(-c2ccccc2)n1. The van der Waals surface area contributed by atoms with E-state index in [1.807, 2.05) is 18.2 Å². The molecule has 2 rings (SSSR count). The fourth-order valence-corrected chi connectivity index (χ4v) is 1.55. The Morgan fingerprint density at radius 2 is 1.90 bits per heavy atom. The van der Waals surface area contributed by atoms with E-state index in [4.69, 9.17) is 10.8 Å². The molecule has 0 radical (unpaired) electrons. The number of aliphatic hydroxyl groups is 1. The smallest absolute Gasteiger partial charge is 0.287 e. The van der Waals surface area contributed by atoms with Crippen LogP contribution in [0, 0.1) is 0 Å². The van der Waals surface area contributed by atoms with E-state index >= 15 is 0 Å². The van der Waals surface area contributed by atoms with Gasteiger partial charge in [0.25, 0.3) is 5.92 Å². The molecule has 20 heavy (non-hydrogen) atoms. The van der Waals surface area contributed by atoms with Crippen LogP contribution in [0.4, 0.5) is 20.4 Å². The van der Waals surface area contributed by atoms with Crippen LogP contribution in [0.3, 0.4) is 0 Å². The average Bonchev–Trinajstić information content (AvgIpc) is 2.46. The van der Waals surface area contributed by atoms with Crippen molar-refractivity contribution in [3.8, 4) is 11.4 Å². The Balaban J connectivity index is 2.21. The molecular formula is C13H14F2N4O. The van der Waals surface area contributed by atoms with Crippen molar-refractivity contribution in [3.63, 3.8) is 0 Å². The lowest BCUT2D eigenvalue weighted by Crippen LogP contribution is -2.31. The molecule has 106 valence electrons. The lowest BCUT2D eigenvalue weighted by Gasteiger charge is -2.15. The Morgan fingerprint density at radius 3 is 2.55 bits per heavy atom. The van der Waals surface area contributed by atoms with E-state index in [1.165, 1.54) is 6.07 Å². The van der Waals surface area contributed by atoms with Gasteiger partial charge in [0.1, 0.15) is 18.2 Å². The molecule has 7 heteroatoms. The summed E-state index contributed by atoms with van der Waals surface area (Å²) in [6.07, 6.45) is 0. The van der Waals surface area contributed by atoms with Crippen LogP contribution in [0.2, 0.25) is 0 Å². The van der Waals surface area contributed by atoms with E-state index in [0.29, 0.717) is 5.82 Å². The number of aromatic nitrogens is 2. The van der Waals surface area contributed by atoms with E-state index < -0.39 is 19.1 Å². The van der Waals surface area contributed by atoms with Gasteiger partial charge in [-0.2, -0.15) is 0 Å². The highest BCUT2D eigenvalue weighted by molar-refractivity contribution is 5.60. The van der Waals surface area contributed by atoms with Crippen molar-refractivity contribution in [2.24, 2.45) is 0 Å². The predicted molar refractivity (Wildman–Crippen MR) is 72.4 cm³/mol. The van der Waals surface area contributed by atoms with Gasteiger partial charge < -0.3 is 16.2 Å². The second kappa shape index (κ2) is 5.79. The third kappa shape index (κ3) is 3.61. The number of halogens is 2. The zero-order valence-corrected chi connectivity index (χ0v) is 10.6. The van der Waals surface area contributed by atoms with E-state index in [9.17, 15) is 8.78 Å². The summed E-state index contributed by atoms with van der Waals surface area (Å²) >= 11 is 0. The summed E-state index contributed by atoms with van der Waals surface area (Å²) in [7, 11) is 0. The van der Waals surface area contributed by atoms with Gasteiger partial charge in [0.2, 0.25) is 0 Å². The molecule has 0 spiro atoms. The number of anilines is 2. The molecule has 1 heterocycles. The lowest BCUT2D eigenvalue weighted by molar-refractivity contribution is -0.0373. The maximum absolute atomic E-state index is 13.0. The predicted octanol–water partition coefficient (Wildman–Crippen LogP) is 1.77. The number of aliphatic hydroxyl groups excluding tert-OH is 1. The number of nitrogen functional groups attached to an aromatic ring is 1. The van der Waals surface area contributed by atoms with Crippen molar-refractivity contribution in [3.05, 3.63) is 36.4 Å². The molecule has 0 aliphatic rings. The summed E-state index contributed by atoms with van der Waals surface area (Å²) in [6.45, 7) is -1.96. The quantitative estimate of drug-likeness (QED) is 0.777. The van der Waals surface area contributed by atoms with E-state index in [2.05, 4.69) is 15.3 Å². The fraction of sp³-hybridized carbons (Fsp3) is 0.231. The zero-order valence-electron chi connectivity index (χ0n) is 10.6. The first kappa shape index (κ1) is 14.1. The van der Waals surface area contributed by atoms with Crippen molar-refractivity contribution in [1.29, 1.82) is 0 Å². The third-order valence-electron chi connectivity index (χ3n) is 2.54. The molecule has 0 fully saturated rings. The van der Waals surface area contributed by atoms with Crippen LogP contribution < -0.4 is 11.1 Å². The number of hydrogen-bond acceptors (Lipinski definition) is 5. The molecule has 0 amide bonds. The van der Waals surface area contributed by atoms with Crippen LogP contribution in [0.1, 0.15) is 0 Å². The maximum Gasteiger partial charge on any atom is 0.287 e. The van der Waals surface area contributed by atoms with Gasteiger partial charge in [-0.05, 0) is 0 Å². The molecule has 1 aromatic carbocycles. The van der Waals surface area contributed by atoms with Gasteiger partial charge in [-0.25, -0.2) is 18.7 Å². The normalized spacial score (nSPS) is 11.3. The monoisotopic (exact) mass is 280 g/mol. The molecule has 0 bridgehead atoms. The Kier molecular flexibility index (Phi) is 4.09. The molecule has 5 nitrogen and oxygen atoms in total. The molecule has 2 aromatic rings. The molecular weight excluding hydrogens is 266 g/mol. The first-order valence-corrected chi connectivity index (χ1v) is 5.93. The third-order valence-corrected chi connectivity index (χ3v) is 2.54. The Bertz CT molecular complexity index is 578. The van der Waals surface area contributed by atoms with Crippen molar-refractivity contribution in [1.82, 2.24) is 9.97 Å². The largest absolute Gasteiger partial charge is 0.390 e. The van der Waals surface area contributed by atoms with Gasteiger partial charge in [0.05, 0.1) is 6.54 Å². The summed E-state index contributed by atoms with van der Waals surface area (Å²) < 4.78 is 26.0. The summed E-state index contributed by atoms with van der Waals surface area (Å²) in [5.41, 5.74) is 6.37. The Morgan fingerprint density at radius 1 is 1.20 bits per heavy atom. The van der Waals surface area contributed by atoms with Gasteiger partial charge in [-0.15, -0.1) is 0 Å². The van der Waals surface area contributed by atoms with Crippen LogP contribution in [0.15, 0.2) is 36.4 Å². The molecule has 0 saturated carbocycles. The number of nitrogens with two attached hydrogens (primary N) is 1. The van der Waals surface area contributed by atoms with Crippen LogP contribution in [0.5, 0.6) is 0 Å². The lowest BCUT2D eigenvalue weighted by atomic mass is 10.2. The van der Waals surface area contributed by atoms with Crippen molar-refractivity contribution >= 4 is 11.6 Å². The van der Waals surface area contributed by atoms with Gasteiger partial charge in [0, 0.05) is 11.6 Å². The van der Waals surface area contributed by atoms with Crippen molar-refractivity contribution < 1.29 is 13.9 Å². The van der Waals surface area contributed by atoms with Crippen molar-refractivity contribution in [2.45, 2.75) is 5.92 Å². The van der Waals surface area contributed by atoms with E-state index in [-0.39, 0.29) is 11.6 Å². The van der Waals surface area contributed by atoms with Crippen LogP contribution in [-0.2, 0) is 0 Å². The molecule has 1 aromatic heterocycles. The van der Waals surface area contributed by atoms with Gasteiger partial charge in [-0.3, -0.25) is 0 Å². The highest BCUT2D eigenvalue weighted by Gasteiger charge is 2.27. The number of nitrogens with zero attached hydrogens (tertiary/aromatic N) is 2. The fourth-order valence-electron chi connectivity index (χ4n) is 1.55. The topological polar surface area (TPSA) is 84.1 Å². The van der Waals surface area contributed by atoms with E-state index in [1.54, 1.807) is 12.1 Å². The maximum atomic E-state index is 13.0. The number of hydrogen-bond donors (Lipinski definition) is 3. The van der Waals surface area contributed by atoms with Gasteiger partial charge in [0.15, 0.2) is 5.82 Å². The second-order valence-electron chi connectivity index (χ2n) is 4.24. The zero-order chi connectivity index (χ0) is 14.6. The van der Waals surface area contributed by atoms with Crippen molar-refractivity contribution in [2.75, 3.05) is 24.2 Å².